The summed E-state index contributed by atoms with van der Waals surface area (Å²) in [6.45, 7) is 3.37. The largest absolute Gasteiger partial charge is 0.381 e. The highest BCUT2D eigenvalue weighted by molar-refractivity contribution is 5.76. The Morgan fingerprint density at radius 2 is 1.62 bits per heavy atom. The summed E-state index contributed by atoms with van der Waals surface area (Å²) in [5, 5.41) is 3.35. The molecule has 2 aliphatic heterocycles. The standard InChI is InChI=1S/C24H27FN4O3/c25-18-3-1-17(2-4-18)20-5-6-21-23(28-20)29(15-16-7-11-31-12-8-16)24(30)22(27-21)26-19-9-13-32-14-10-19/h1-6,16,19H,7-15H2,(H,26,27). The van der Waals surface area contributed by atoms with E-state index in [4.69, 9.17) is 14.5 Å². The van der Waals surface area contributed by atoms with Gasteiger partial charge in [-0.2, -0.15) is 0 Å². The van der Waals surface area contributed by atoms with Crippen molar-refractivity contribution in [3.8, 4) is 11.3 Å². The molecule has 2 aliphatic rings. The van der Waals surface area contributed by atoms with E-state index in [1.165, 1.54) is 12.1 Å². The van der Waals surface area contributed by atoms with Crippen LogP contribution in [0.5, 0.6) is 0 Å². The van der Waals surface area contributed by atoms with Crippen molar-refractivity contribution in [3.05, 3.63) is 52.6 Å². The summed E-state index contributed by atoms with van der Waals surface area (Å²) in [6.07, 6.45) is 3.52. The van der Waals surface area contributed by atoms with E-state index < -0.39 is 0 Å². The molecule has 2 fully saturated rings. The predicted molar refractivity (Wildman–Crippen MR) is 120 cm³/mol. The number of fused-ring (bicyclic) bond motifs is 1. The van der Waals surface area contributed by atoms with Crippen LogP contribution in [0, 0.1) is 11.7 Å². The van der Waals surface area contributed by atoms with E-state index in [1.54, 1.807) is 16.7 Å². The Morgan fingerprint density at radius 3 is 2.34 bits per heavy atom. The van der Waals surface area contributed by atoms with Crippen molar-refractivity contribution in [3.63, 3.8) is 0 Å². The molecule has 7 nitrogen and oxygen atoms in total. The highest BCUT2D eigenvalue weighted by Gasteiger charge is 2.22. The van der Waals surface area contributed by atoms with E-state index in [2.05, 4.69) is 10.3 Å². The van der Waals surface area contributed by atoms with Gasteiger partial charge in [-0.1, -0.05) is 0 Å². The zero-order valence-electron chi connectivity index (χ0n) is 17.9. The maximum atomic E-state index is 13.5. The summed E-state index contributed by atoms with van der Waals surface area (Å²) in [5.41, 5.74) is 2.55. The first kappa shape index (κ1) is 21.0. The Bertz CT molecular complexity index is 1140. The third-order valence-electron chi connectivity index (χ3n) is 6.27. The third-order valence-corrected chi connectivity index (χ3v) is 6.27. The molecule has 0 spiro atoms. The molecule has 0 unspecified atom stereocenters. The molecule has 0 aliphatic carbocycles. The first-order valence-electron chi connectivity index (χ1n) is 11.3. The molecule has 0 atom stereocenters. The number of halogens is 1. The van der Waals surface area contributed by atoms with Gasteiger partial charge in [0.2, 0.25) is 0 Å². The van der Waals surface area contributed by atoms with E-state index in [9.17, 15) is 9.18 Å². The molecule has 0 radical (unpaired) electrons. The highest BCUT2D eigenvalue weighted by atomic mass is 19.1. The number of nitrogens with one attached hydrogen (secondary N) is 1. The number of aromatic nitrogens is 3. The molecule has 168 valence electrons. The van der Waals surface area contributed by atoms with Gasteiger partial charge in [0.05, 0.1) is 5.69 Å². The number of rotatable bonds is 5. The van der Waals surface area contributed by atoms with Crippen LogP contribution in [0.2, 0.25) is 0 Å². The van der Waals surface area contributed by atoms with Gasteiger partial charge in [-0.15, -0.1) is 0 Å². The van der Waals surface area contributed by atoms with E-state index in [-0.39, 0.29) is 17.4 Å². The van der Waals surface area contributed by atoms with Crippen LogP contribution in [-0.4, -0.2) is 47.0 Å². The van der Waals surface area contributed by atoms with Gasteiger partial charge in [-0.3, -0.25) is 9.36 Å². The van der Waals surface area contributed by atoms with Gasteiger partial charge in [-0.05, 0) is 68.0 Å². The molecule has 5 rings (SSSR count). The SMILES string of the molecule is O=c1c(NC2CCOCC2)nc2ccc(-c3ccc(F)cc3)nc2n1CC1CCOCC1. The summed E-state index contributed by atoms with van der Waals surface area (Å²) in [4.78, 5) is 22.9. The number of nitrogens with zero attached hydrogens (tertiary/aromatic N) is 3. The molecular formula is C24H27FN4O3. The number of hydrogen-bond acceptors (Lipinski definition) is 6. The summed E-state index contributed by atoms with van der Waals surface area (Å²) in [6, 6.07) is 10.1. The lowest BCUT2D eigenvalue weighted by Crippen LogP contribution is -2.35. The van der Waals surface area contributed by atoms with Gasteiger partial charge < -0.3 is 14.8 Å². The maximum absolute atomic E-state index is 13.5. The van der Waals surface area contributed by atoms with Gasteiger partial charge in [0.25, 0.3) is 5.56 Å². The van der Waals surface area contributed by atoms with Crippen molar-refractivity contribution in [2.24, 2.45) is 5.92 Å². The number of benzene rings is 1. The molecule has 8 heteroatoms. The minimum atomic E-state index is -0.295. The van der Waals surface area contributed by atoms with Crippen molar-refractivity contribution < 1.29 is 13.9 Å². The molecule has 32 heavy (non-hydrogen) atoms. The maximum Gasteiger partial charge on any atom is 0.294 e. The summed E-state index contributed by atoms with van der Waals surface area (Å²) in [5.74, 6) is 0.420. The molecular weight excluding hydrogens is 411 g/mol. The zero-order valence-corrected chi connectivity index (χ0v) is 17.9. The highest BCUT2D eigenvalue weighted by Crippen LogP contribution is 2.23. The second kappa shape index (κ2) is 9.34. The van der Waals surface area contributed by atoms with Gasteiger partial charge in [0.15, 0.2) is 11.5 Å². The molecule has 4 heterocycles. The summed E-state index contributed by atoms with van der Waals surface area (Å²) in [7, 11) is 0. The molecule has 0 saturated carbocycles. The van der Waals surface area contributed by atoms with Crippen molar-refractivity contribution in [1.29, 1.82) is 0 Å². The Hall–Kier alpha value is -2.84. The van der Waals surface area contributed by atoms with Crippen LogP contribution in [0.15, 0.2) is 41.2 Å². The topological polar surface area (TPSA) is 78.3 Å². The Morgan fingerprint density at radius 1 is 0.938 bits per heavy atom. The fourth-order valence-corrected chi connectivity index (χ4v) is 4.39. The van der Waals surface area contributed by atoms with Crippen molar-refractivity contribution >= 4 is 17.0 Å². The first-order valence-corrected chi connectivity index (χ1v) is 11.3. The van der Waals surface area contributed by atoms with Crippen LogP contribution in [0.3, 0.4) is 0 Å². The minimum Gasteiger partial charge on any atom is -0.381 e. The van der Waals surface area contributed by atoms with Gasteiger partial charge >= 0.3 is 0 Å². The molecule has 0 amide bonds. The lowest BCUT2D eigenvalue weighted by Gasteiger charge is -2.25. The Balaban J connectivity index is 1.57. The molecule has 2 aromatic heterocycles. The predicted octanol–water partition coefficient (Wildman–Crippen LogP) is 3.62. The molecule has 3 aromatic rings. The second-order valence-electron chi connectivity index (χ2n) is 8.51. The number of anilines is 1. The summed E-state index contributed by atoms with van der Waals surface area (Å²) >= 11 is 0. The van der Waals surface area contributed by atoms with E-state index in [0.717, 1.165) is 31.2 Å². The van der Waals surface area contributed by atoms with Gasteiger partial charge in [-0.25, -0.2) is 14.4 Å². The fraction of sp³-hybridized carbons (Fsp3) is 0.458. The van der Waals surface area contributed by atoms with Crippen molar-refractivity contribution in [1.82, 2.24) is 14.5 Å². The van der Waals surface area contributed by atoms with Gasteiger partial charge in [0.1, 0.15) is 11.3 Å². The van der Waals surface area contributed by atoms with Crippen LogP contribution in [-0.2, 0) is 16.0 Å². The van der Waals surface area contributed by atoms with Gasteiger partial charge in [0, 0.05) is 44.6 Å². The lowest BCUT2D eigenvalue weighted by atomic mass is 10.0. The van der Waals surface area contributed by atoms with Crippen molar-refractivity contribution in [2.75, 3.05) is 31.7 Å². The van der Waals surface area contributed by atoms with E-state index >= 15 is 0 Å². The van der Waals surface area contributed by atoms with E-state index in [0.29, 0.717) is 61.6 Å². The normalized spacial score (nSPS) is 18.2. The van der Waals surface area contributed by atoms with Crippen molar-refractivity contribution in [2.45, 2.75) is 38.3 Å². The molecule has 2 saturated heterocycles. The smallest absolute Gasteiger partial charge is 0.294 e. The molecule has 1 N–H and O–H groups in total. The van der Waals surface area contributed by atoms with Crippen LogP contribution in [0.1, 0.15) is 25.7 Å². The van der Waals surface area contributed by atoms with Crippen LogP contribution in [0.25, 0.3) is 22.4 Å². The molecule has 0 bridgehead atoms. The quantitative estimate of drug-likeness (QED) is 0.656. The van der Waals surface area contributed by atoms with E-state index in [1.807, 2.05) is 12.1 Å². The van der Waals surface area contributed by atoms with Crippen LogP contribution < -0.4 is 10.9 Å². The monoisotopic (exact) mass is 438 g/mol. The summed E-state index contributed by atoms with van der Waals surface area (Å²) < 4.78 is 26.1. The number of pyridine rings is 1. The Labute approximate surface area is 185 Å². The van der Waals surface area contributed by atoms with Crippen LogP contribution in [0.4, 0.5) is 10.2 Å². The zero-order chi connectivity index (χ0) is 21.9. The first-order chi connectivity index (χ1) is 15.7. The second-order valence-corrected chi connectivity index (χ2v) is 8.51. The number of hydrogen-bond donors (Lipinski definition) is 1. The van der Waals surface area contributed by atoms with Crippen LogP contribution >= 0.6 is 0 Å². The lowest BCUT2D eigenvalue weighted by molar-refractivity contribution is 0.0613. The Kier molecular flexibility index (Phi) is 6.14. The molecule has 1 aromatic carbocycles. The third kappa shape index (κ3) is 4.52. The average molecular weight is 439 g/mol. The minimum absolute atomic E-state index is 0.153. The number of ether oxygens (including phenoxy) is 2. The average Bonchev–Trinajstić information content (AvgIpc) is 2.83. The fourth-order valence-electron chi connectivity index (χ4n) is 4.39.